The molecule has 0 amide bonds. The molecule has 0 aliphatic carbocycles. The lowest BCUT2D eigenvalue weighted by Crippen LogP contribution is -2.04. The van der Waals surface area contributed by atoms with Gasteiger partial charge in [0.05, 0.1) is 0 Å². The number of aliphatic hydroxyl groups excluding tert-OH is 1. The van der Waals surface area contributed by atoms with E-state index in [1.165, 1.54) is 0 Å². The molecule has 0 bridgehead atoms. The Kier molecular flexibility index (Phi) is 5.53. The summed E-state index contributed by atoms with van der Waals surface area (Å²) >= 11 is 0. The zero-order chi connectivity index (χ0) is 13.7. The second-order valence-electron chi connectivity index (χ2n) is 3.93. The first-order valence-electron chi connectivity index (χ1n) is 5.56. The highest BCUT2D eigenvalue weighted by molar-refractivity contribution is 5.23. The summed E-state index contributed by atoms with van der Waals surface area (Å²) in [7, 11) is 0. The third-order valence-electron chi connectivity index (χ3n) is 2.58. The quantitative estimate of drug-likeness (QED) is 0.360. The predicted octanol–water partition coefficient (Wildman–Crippen LogP) is 3.81. The normalized spacial score (nSPS) is 12.8. The molecule has 6 heteroatoms. The van der Waals surface area contributed by atoms with Crippen molar-refractivity contribution in [2.45, 2.75) is 31.9 Å². The second-order valence-corrected chi connectivity index (χ2v) is 3.93. The minimum absolute atomic E-state index is 0.0366. The fraction of sp³-hybridized carbons (Fsp3) is 0.500. The highest BCUT2D eigenvalue weighted by Gasteiger charge is 2.23. The summed E-state index contributed by atoms with van der Waals surface area (Å²) in [5.41, 5.74) is -0.810. The molecule has 0 heterocycles. The van der Waals surface area contributed by atoms with Gasteiger partial charge in [0, 0.05) is 12.2 Å². The summed E-state index contributed by atoms with van der Waals surface area (Å²) < 4.78 is 65.1. The van der Waals surface area contributed by atoms with Gasteiger partial charge in [-0.05, 0) is 18.9 Å². The number of hydrogen-bond acceptors (Lipinski definition) is 1. The average Bonchev–Trinajstić information content (AvgIpc) is 2.36. The summed E-state index contributed by atoms with van der Waals surface area (Å²) in [4.78, 5) is 0. The Morgan fingerprint density at radius 1 is 0.944 bits per heavy atom. The molecule has 102 valence electrons. The maximum absolute atomic E-state index is 13.6. The largest absolute Gasteiger partial charge is 0.396 e. The van der Waals surface area contributed by atoms with E-state index in [2.05, 4.69) is 0 Å². The highest BCUT2D eigenvalue weighted by Crippen LogP contribution is 2.29. The van der Waals surface area contributed by atoms with Crippen LogP contribution in [0.2, 0.25) is 0 Å². The molecule has 0 saturated heterocycles. The lowest BCUT2D eigenvalue weighted by Gasteiger charge is -2.10. The van der Waals surface area contributed by atoms with Crippen molar-refractivity contribution in [3.8, 4) is 0 Å². The third kappa shape index (κ3) is 3.41. The van der Waals surface area contributed by atoms with Gasteiger partial charge < -0.3 is 5.11 Å². The van der Waals surface area contributed by atoms with Gasteiger partial charge in [-0.25, -0.2) is 22.0 Å². The van der Waals surface area contributed by atoms with Gasteiger partial charge in [-0.1, -0.05) is 12.8 Å². The van der Waals surface area contributed by atoms with E-state index in [0.717, 1.165) is 0 Å². The fourth-order valence-corrected chi connectivity index (χ4v) is 1.59. The van der Waals surface area contributed by atoms with Crippen LogP contribution in [0.25, 0.3) is 0 Å². The van der Waals surface area contributed by atoms with E-state index in [0.29, 0.717) is 25.3 Å². The van der Waals surface area contributed by atoms with E-state index in [1.54, 1.807) is 0 Å². The number of alkyl halides is 1. The Balaban J connectivity index is 2.77. The molecule has 0 aliphatic rings. The molecule has 1 nitrogen and oxygen atoms in total. The van der Waals surface area contributed by atoms with Crippen molar-refractivity contribution in [3.05, 3.63) is 34.9 Å². The minimum Gasteiger partial charge on any atom is -0.396 e. The maximum Gasteiger partial charge on any atom is 0.197 e. The highest BCUT2D eigenvalue weighted by atomic mass is 19.2. The number of benzene rings is 1. The summed E-state index contributed by atoms with van der Waals surface area (Å²) in [6, 6.07) is 0.338. The Morgan fingerprint density at radius 3 is 2.22 bits per heavy atom. The van der Waals surface area contributed by atoms with Crippen molar-refractivity contribution in [3.63, 3.8) is 0 Å². The van der Waals surface area contributed by atoms with E-state index >= 15 is 0 Å². The zero-order valence-corrected chi connectivity index (χ0v) is 9.53. The van der Waals surface area contributed by atoms with Crippen LogP contribution in [0.3, 0.4) is 0 Å². The molecule has 1 aromatic carbocycles. The Labute approximate surface area is 101 Å². The maximum atomic E-state index is 13.6. The van der Waals surface area contributed by atoms with E-state index in [4.69, 9.17) is 5.11 Å². The molecule has 1 N–H and O–H groups in total. The number of halogens is 5. The van der Waals surface area contributed by atoms with Crippen LogP contribution >= 0.6 is 0 Å². The first kappa shape index (κ1) is 14.9. The van der Waals surface area contributed by atoms with Gasteiger partial charge in [-0.15, -0.1) is 0 Å². The van der Waals surface area contributed by atoms with Crippen molar-refractivity contribution in [1.82, 2.24) is 0 Å². The monoisotopic (exact) mass is 268 g/mol. The van der Waals surface area contributed by atoms with Crippen LogP contribution < -0.4 is 0 Å². The van der Waals surface area contributed by atoms with Crippen LogP contribution in [-0.2, 0) is 0 Å². The van der Waals surface area contributed by atoms with E-state index < -0.39 is 35.0 Å². The lowest BCUT2D eigenvalue weighted by atomic mass is 10.0. The van der Waals surface area contributed by atoms with E-state index in [1.807, 2.05) is 0 Å². The van der Waals surface area contributed by atoms with Gasteiger partial charge in [0.2, 0.25) is 0 Å². The van der Waals surface area contributed by atoms with Crippen LogP contribution in [0, 0.1) is 23.3 Å². The minimum atomic E-state index is -2.00. The first-order chi connectivity index (χ1) is 8.49. The van der Waals surface area contributed by atoms with E-state index in [-0.39, 0.29) is 13.0 Å². The molecule has 1 aromatic rings. The zero-order valence-electron chi connectivity index (χ0n) is 9.53. The first-order valence-corrected chi connectivity index (χ1v) is 5.56. The van der Waals surface area contributed by atoms with Gasteiger partial charge in [0.25, 0.3) is 0 Å². The van der Waals surface area contributed by atoms with Crippen LogP contribution in [0.1, 0.15) is 37.4 Å². The summed E-state index contributed by atoms with van der Waals surface area (Å²) in [5, 5.41) is 8.50. The number of hydrogen-bond donors (Lipinski definition) is 1. The molecular formula is C12H13F5O. The SMILES string of the molecule is OCCCCCC(F)c1cc(F)c(F)c(F)c1F. The Hall–Kier alpha value is -1.17. The fourth-order valence-electron chi connectivity index (χ4n) is 1.59. The molecule has 0 aromatic heterocycles. The molecule has 0 fully saturated rings. The van der Waals surface area contributed by atoms with Gasteiger partial charge in [-0.3, -0.25) is 0 Å². The van der Waals surface area contributed by atoms with Crippen molar-refractivity contribution < 1.29 is 27.1 Å². The molecule has 1 unspecified atom stereocenters. The van der Waals surface area contributed by atoms with Crippen LogP contribution in [-0.4, -0.2) is 11.7 Å². The molecule has 0 aliphatic heterocycles. The molecule has 1 rings (SSSR count). The lowest BCUT2D eigenvalue weighted by molar-refractivity contribution is 0.267. The number of unbranched alkanes of at least 4 members (excludes halogenated alkanes) is 2. The van der Waals surface area contributed by atoms with Crippen LogP contribution in [0.5, 0.6) is 0 Å². The summed E-state index contributed by atoms with van der Waals surface area (Å²) in [6.45, 7) is -0.0366. The average molecular weight is 268 g/mol. The van der Waals surface area contributed by atoms with Crippen molar-refractivity contribution >= 4 is 0 Å². The van der Waals surface area contributed by atoms with Gasteiger partial charge >= 0.3 is 0 Å². The molecule has 18 heavy (non-hydrogen) atoms. The van der Waals surface area contributed by atoms with Crippen LogP contribution in [0.15, 0.2) is 6.07 Å². The van der Waals surface area contributed by atoms with E-state index in [9.17, 15) is 22.0 Å². The van der Waals surface area contributed by atoms with Gasteiger partial charge in [-0.2, -0.15) is 0 Å². The summed E-state index contributed by atoms with van der Waals surface area (Å²) in [5.74, 6) is -7.24. The summed E-state index contributed by atoms with van der Waals surface area (Å²) in [6.07, 6.45) is -0.705. The van der Waals surface area contributed by atoms with Crippen molar-refractivity contribution in [2.75, 3.05) is 6.61 Å². The Morgan fingerprint density at radius 2 is 1.61 bits per heavy atom. The standard InChI is InChI=1S/C12H13F5O/c13-8(4-2-1-3-5-18)7-6-9(14)11(16)12(17)10(7)15/h6,8,18H,1-5H2. The molecule has 1 atom stereocenters. The van der Waals surface area contributed by atoms with Gasteiger partial charge in [0.1, 0.15) is 6.17 Å². The van der Waals surface area contributed by atoms with Crippen molar-refractivity contribution in [1.29, 1.82) is 0 Å². The molecular weight excluding hydrogens is 255 g/mol. The smallest absolute Gasteiger partial charge is 0.197 e. The number of rotatable bonds is 6. The van der Waals surface area contributed by atoms with Gasteiger partial charge in [0.15, 0.2) is 23.3 Å². The van der Waals surface area contributed by atoms with Crippen molar-refractivity contribution in [2.24, 2.45) is 0 Å². The Bertz CT molecular complexity index is 408. The number of aliphatic hydroxyl groups is 1. The molecule has 0 saturated carbocycles. The topological polar surface area (TPSA) is 20.2 Å². The second kappa shape index (κ2) is 6.68. The predicted molar refractivity (Wildman–Crippen MR) is 55.7 cm³/mol. The molecule has 0 radical (unpaired) electrons. The van der Waals surface area contributed by atoms with Crippen LogP contribution in [0.4, 0.5) is 22.0 Å². The molecule has 0 spiro atoms. The third-order valence-corrected chi connectivity index (χ3v) is 2.58.